The van der Waals surface area contributed by atoms with Crippen LogP contribution in [0, 0.1) is 20.8 Å². The molecule has 1 N–H and O–H groups in total. The number of para-hydroxylation sites is 1. The molecule has 0 saturated heterocycles. The normalized spacial score (nSPS) is 11.3. The molecule has 0 radical (unpaired) electrons. The van der Waals surface area contributed by atoms with Crippen LogP contribution in [0.3, 0.4) is 0 Å². The predicted molar refractivity (Wildman–Crippen MR) is 117 cm³/mol. The Kier molecular flexibility index (Phi) is 6.14. The zero-order valence-electron chi connectivity index (χ0n) is 16.8. The number of anilines is 1. The first-order chi connectivity index (χ1) is 14.1. The molecule has 0 atom stereocenters. The average molecular weight is 445 g/mol. The van der Waals surface area contributed by atoms with E-state index in [1.807, 2.05) is 0 Å². The van der Waals surface area contributed by atoms with Gasteiger partial charge < -0.3 is 9.88 Å². The molecule has 1 aromatic heterocycles. The molecular formula is C22H21ClN2O4S. The molecule has 0 bridgehead atoms. The van der Waals surface area contributed by atoms with Gasteiger partial charge in [0.2, 0.25) is 15.7 Å². The zero-order chi connectivity index (χ0) is 22.1. The molecule has 0 aliphatic heterocycles. The maximum atomic E-state index is 13.1. The number of nitrogens with zero attached hydrogens (tertiary/aromatic N) is 1. The number of rotatable bonds is 5. The molecule has 2 aromatic carbocycles. The van der Waals surface area contributed by atoms with Gasteiger partial charge in [0.15, 0.2) is 0 Å². The maximum absolute atomic E-state index is 13.1. The van der Waals surface area contributed by atoms with Crippen LogP contribution in [0.1, 0.15) is 16.8 Å². The molecule has 0 unspecified atom stereocenters. The molecule has 0 aliphatic rings. The van der Waals surface area contributed by atoms with Crippen LogP contribution in [0.2, 0.25) is 5.02 Å². The minimum absolute atomic E-state index is 0.0248. The topological polar surface area (TPSA) is 85.2 Å². The number of amides is 1. The fourth-order valence-electron chi connectivity index (χ4n) is 3.26. The quantitative estimate of drug-likeness (QED) is 0.646. The van der Waals surface area contributed by atoms with Crippen LogP contribution in [0.25, 0.3) is 0 Å². The van der Waals surface area contributed by atoms with E-state index in [4.69, 9.17) is 11.6 Å². The molecule has 0 spiro atoms. The summed E-state index contributed by atoms with van der Waals surface area (Å²) < 4.78 is 27.3. The first-order valence-corrected chi connectivity index (χ1v) is 11.0. The Morgan fingerprint density at radius 1 is 1.00 bits per heavy atom. The van der Waals surface area contributed by atoms with Gasteiger partial charge in [-0.15, -0.1) is 0 Å². The number of sulfone groups is 1. The largest absolute Gasteiger partial charge is 0.323 e. The molecule has 1 heterocycles. The highest BCUT2D eigenvalue weighted by Gasteiger charge is 2.26. The second-order valence-corrected chi connectivity index (χ2v) is 9.28. The molecule has 0 aliphatic carbocycles. The van der Waals surface area contributed by atoms with Crippen molar-refractivity contribution in [3.05, 3.63) is 86.8 Å². The minimum Gasteiger partial charge on any atom is -0.323 e. The van der Waals surface area contributed by atoms with Crippen molar-refractivity contribution in [2.45, 2.75) is 37.1 Å². The molecule has 1 amide bonds. The lowest BCUT2D eigenvalue weighted by Crippen LogP contribution is -2.33. The SMILES string of the molecule is Cc1cccc(Cl)c1NC(=O)Cn1c(C)cc(C)c(S(=O)(=O)c2ccccc2)c1=O. The first kappa shape index (κ1) is 21.8. The molecule has 156 valence electrons. The van der Waals surface area contributed by atoms with Crippen LogP contribution < -0.4 is 10.9 Å². The summed E-state index contributed by atoms with van der Waals surface area (Å²) in [5, 5.41) is 3.08. The average Bonchev–Trinajstić information content (AvgIpc) is 2.68. The molecule has 3 rings (SSSR count). The van der Waals surface area contributed by atoms with E-state index in [1.165, 1.54) is 12.1 Å². The van der Waals surface area contributed by atoms with Crippen LogP contribution in [0.15, 0.2) is 69.2 Å². The van der Waals surface area contributed by atoms with E-state index < -0.39 is 21.3 Å². The minimum atomic E-state index is -4.03. The van der Waals surface area contributed by atoms with Crippen molar-refractivity contribution in [3.63, 3.8) is 0 Å². The lowest BCUT2D eigenvalue weighted by molar-refractivity contribution is -0.116. The lowest BCUT2D eigenvalue weighted by atomic mass is 10.2. The number of aryl methyl sites for hydroxylation is 3. The Morgan fingerprint density at radius 3 is 2.30 bits per heavy atom. The van der Waals surface area contributed by atoms with Gasteiger partial charge in [0.05, 0.1) is 15.6 Å². The number of hydrogen-bond acceptors (Lipinski definition) is 4. The number of carbonyl (C=O) groups excluding carboxylic acids is 1. The summed E-state index contributed by atoms with van der Waals surface area (Å²) in [5.74, 6) is -0.483. The number of pyridine rings is 1. The molecular weight excluding hydrogens is 424 g/mol. The van der Waals surface area contributed by atoms with Crippen molar-refractivity contribution in [2.75, 3.05) is 5.32 Å². The highest BCUT2D eigenvalue weighted by molar-refractivity contribution is 7.91. The van der Waals surface area contributed by atoms with Crippen LogP contribution in [-0.4, -0.2) is 18.9 Å². The van der Waals surface area contributed by atoms with E-state index in [2.05, 4.69) is 5.32 Å². The molecule has 6 nitrogen and oxygen atoms in total. The molecule has 8 heteroatoms. The van der Waals surface area contributed by atoms with Crippen LogP contribution >= 0.6 is 11.6 Å². The Morgan fingerprint density at radius 2 is 1.67 bits per heavy atom. The van der Waals surface area contributed by atoms with E-state index in [9.17, 15) is 18.0 Å². The van der Waals surface area contributed by atoms with Crippen molar-refractivity contribution in [1.82, 2.24) is 4.57 Å². The maximum Gasteiger partial charge on any atom is 0.270 e. The number of halogens is 1. The number of aromatic nitrogens is 1. The summed E-state index contributed by atoms with van der Waals surface area (Å²) in [5.41, 5.74) is 1.31. The summed E-state index contributed by atoms with van der Waals surface area (Å²) in [4.78, 5) is 25.5. The van der Waals surface area contributed by atoms with Gasteiger partial charge in [0, 0.05) is 5.69 Å². The van der Waals surface area contributed by atoms with Gasteiger partial charge >= 0.3 is 0 Å². The van der Waals surface area contributed by atoms with Gasteiger partial charge in [-0.05, 0) is 56.2 Å². The summed E-state index contributed by atoms with van der Waals surface area (Å²) in [6, 6.07) is 14.6. The second-order valence-electron chi connectivity index (χ2n) is 6.99. The molecule has 30 heavy (non-hydrogen) atoms. The van der Waals surface area contributed by atoms with Crippen LogP contribution in [-0.2, 0) is 21.2 Å². The molecule has 3 aromatic rings. The van der Waals surface area contributed by atoms with Gasteiger partial charge in [-0.3, -0.25) is 9.59 Å². The van der Waals surface area contributed by atoms with Gasteiger partial charge in [-0.2, -0.15) is 0 Å². The zero-order valence-corrected chi connectivity index (χ0v) is 18.3. The van der Waals surface area contributed by atoms with E-state index in [0.717, 1.165) is 10.1 Å². The van der Waals surface area contributed by atoms with E-state index in [1.54, 1.807) is 63.2 Å². The number of benzene rings is 2. The third-order valence-corrected chi connectivity index (χ3v) is 7.00. The van der Waals surface area contributed by atoms with Crippen LogP contribution in [0.5, 0.6) is 0 Å². The second kappa shape index (κ2) is 8.45. The fourth-order valence-corrected chi connectivity index (χ4v) is 5.10. The summed E-state index contributed by atoms with van der Waals surface area (Å²) in [6.07, 6.45) is 0. The van der Waals surface area contributed by atoms with Crippen molar-refractivity contribution in [1.29, 1.82) is 0 Å². The van der Waals surface area contributed by atoms with Gasteiger partial charge in [0.25, 0.3) is 5.56 Å². The molecule has 0 saturated carbocycles. The predicted octanol–water partition coefficient (Wildman–Crippen LogP) is 3.90. The summed E-state index contributed by atoms with van der Waals surface area (Å²) in [7, 11) is -4.03. The van der Waals surface area contributed by atoms with E-state index >= 15 is 0 Å². The first-order valence-electron chi connectivity index (χ1n) is 9.19. The number of carbonyl (C=O) groups is 1. The summed E-state index contributed by atoms with van der Waals surface area (Å²) in [6.45, 7) is 4.69. The van der Waals surface area contributed by atoms with E-state index in [-0.39, 0.29) is 16.3 Å². The Bertz CT molecular complexity index is 1260. The Hall–Kier alpha value is -2.90. The Labute approximate surface area is 180 Å². The van der Waals surface area contributed by atoms with Crippen molar-refractivity contribution < 1.29 is 13.2 Å². The summed E-state index contributed by atoms with van der Waals surface area (Å²) >= 11 is 6.15. The number of nitrogens with one attached hydrogen (secondary N) is 1. The third kappa shape index (κ3) is 4.17. The standard InChI is InChI=1S/C22H21ClN2O4S/c1-14-8-7-11-18(23)20(14)24-19(26)13-25-16(3)12-15(2)21(22(25)27)30(28,29)17-9-5-4-6-10-17/h4-12H,13H2,1-3H3,(H,24,26). The van der Waals surface area contributed by atoms with Crippen molar-refractivity contribution in [3.8, 4) is 0 Å². The van der Waals surface area contributed by atoms with Gasteiger partial charge in [0.1, 0.15) is 11.4 Å². The van der Waals surface area contributed by atoms with Crippen LogP contribution in [0.4, 0.5) is 5.69 Å². The van der Waals surface area contributed by atoms with Gasteiger partial charge in [-0.25, -0.2) is 8.42 Å². The third-order valence-electron chi connectivity index (χ3n) is 4.76. The van der Waals surface area contributed by atoms with Crippen molar-refractivity contribution in [2.24, 2.45) is 0 Å². The monoisotopic (exact) mass is 444 g/mol. The molecule has 0 fully saturated rings. The number of hydrogen-bond donors (Lipinski definition) is 1. The van der Waals surface area contributed by atoms with Crippen molar-refractivity contribution >= 4 is 33.0 Å². The van der Waals surface area contributed by atoms with Gasteiger partial charge in [-0.1, -0.05) is 41.9 Å². The highest BCUT2D eigenvalue weighted by Crippen LogP contribution is 2.25. The lowest BCUT2D eigenvalue weighted by Gasteiger charge is -2.16. The highest BCUT2D eigenvalue weighted by atomic mass is 35.5. The Balaban J connectivity index is 2.02. The van der Waals surface area contributed by atoms with E-state index in [0.29, 0.717) is 22.0 Å². The smallest absolute Gasteiger partial charge is 0.270 e. The fraction of sp³-hybridized carbons (Fsp3) is 0.182.